The zero-order valence-corrected chi connectivity index (χ0v) is 16.0. The molecule has 1 N–H and O–H groups in total. The fourth-order valence-electron chi connectivity index (χ4n) is 3.54. The van der Waals surface area contributed by atoms with Gasteiger partial charge in [-0.05, 0) is 13.8 Å². The van der Waals surface area contributed by atoms with Crippen molar-refractivity contribution in [2.75, 3.05) is 19.7 Å². The number of amides is 1. The quantitative estimate of drug-likeness (QED) is 0.743. The maximum Gasteiger partial charge on any atom is 0.424 e. The second kappa shape index (κ2) is 6.40. The van der Waals surface area contributed by atoms with E-state index in [1.54, 1.807) is 6.92 Å². The van der Waals surface area contributed by atoms with Gasteiger partial charge in [-0.1, -0.05) is 0 Å². The molecule has 1 fully saturated rings. The van der Waals surface area contributed by atoms with Crippen molar-refractivity contribution in [2.24, 2.45) is 0 Å². The van der Waals surface area contributed by atoms with Gasteiger partial charge in [-0.2, -0.15) is 13.2 Å². The Bertz CT molecular complexity index is 989. The minimum atomic E-state index is -4.92. The number of rotatable bonds is 4. The van der Waals surface area contributed by atoms with Crippen LogP contribution in [0.4, 0.5) is 22.0 Å². The lowest BCUT2D eigenvalue weighted by Gasteiger charge is -2.38. The molecule has 1 amide bonds. The number of alkyl halides is 5. The average Bonchev–Trinajstić information content (AvgIpc) is 3.20. The number of imidazole rings is 1. The molecule has 0 spiro atoms. The number of halogens is 5. The number of aromatic nitrogens is 4. The summed E-state index contributed by atoms with van der Waals surface area (Å²) in [5, 5.41) is 14.2. The normalized spacial score (nSPS) is 22.0. The molecule has 2 aliphatic heterocycles. The summed E-state index contributed by atoms with van der Waals surface area (Å²) in [6, 6.07) is 0.917. The molecule has 4 rings (SSSR count). The van der Waals surface area contributed by atoms with Crippen molar-refractivity contribution in [3.05, 3.63) is 18.1 Å². The monoisotopic (exact) mass is 435 g/mol. The Labute approximate surface area is 166 Å². The van der Waals surface area contributed by atoms with Crippen molar-refractivity contribution >= 4 is 5.91 Å². The van der Waals surface area contributed by atoms with Gasteiger partial charge in [0.05, 0.1) is 43.3 Å². The number of hydrogen-bond acceptors (Lipinski definition) is 5. The van der Waals surface area contributed by atoms with E-state index in [4.69, 9.17) is 4.74 Å². The number of aliphatic hydroxyl groups is 1. The van der Waals surface area contributed by atoms with Gasteiger partial charge in [0.25, 0.3) is 11.8 Å². The second-order valence-electron chi connectivity index (χ2n) is 7.70. The van der Waals surface area contributed by atoms with Crippen LogP contribution < -0.4 is 4.74 Å². The highest BCUT2D eigenvalue weighted by atomic mass is 19.4. The summed E-state index contributed by atoms with van der Waals surface area (Å²) in [6.07, 6.45) is -3.72. The highest BCUT2D eigenvalue weighted by molar-refractivity contribution is 5.78. The van der Waals surface area contributed by atoms with Gasteiger partial charge in [0, 0.05) is 6.07 Å². The molecule has 0 aliphatic carbocycles. The van der Waals surface area contributed by atoms with E-state index in [9.17, 15) is 31.9 Å². The van der Waals surface area contributed by atoms with Crippen LogP contribution in [-0.2, 0) is 16.9 Å². The molecule has 2 aromatic heterocycles. The first-order chi connectivity index (χ1) is 13.8. The van der Waals surface area contributed by atoms with Crippen LogP contribution >= 0.6 is 0 Å². The van der Waals surface area contributed by atoms with Crippen LogP contribution in [0.25, 0.3) is 11.4 Å². The van der Waals surface area contributed by atoms with Crippen molar-refractivity contribution < 1.29 is 36.6 Å². The van der Waals surface area contributed by atoms with Crippen molar-refractivity contribution in [3.8, 4) is 17.3 Å². The Hall–Kier alpha value is -2.70. The number of fused-ring (bicyclic) bond motifs is 3. The molecule has 30 heavy (non-hydrogen) atoms. The third-order valence-corrected chi connectivity index (χ3v) is 5.22. The van der Waals surface area contributed by atoms with Crippen LogP contribution in [-0.4, -0.2) is 67.0 Å². The van der Waals surface area contributed by atoms with E-state index in [1.807, 2.05) is 0 Å². The standard InChI is InChI=1S/C17H18F5N5O3/c1-9-5-26-10(11-4-23-14(27(9)11)15(2,29)17(20,21)22)3-12(24-26)30-6-13(28)25-7-16(18,19)8-25/h3-4,9,29H,5-8H2,1-2H3/t9-,15+/m0/s1. The van der Waals surface area contributed by atoms with Crippen LogP contribution in [0.15, 0.2) is 12.3 Å². The summed E-state index contributed by atoms with van der Waals surface area (Å²) in [4.78, 5) is 16.6. The summed E-state index contributed by atoms with van der Waals surface area (Å²) in [6.45, 7) is 0.659. The first kappa shape index (κ1) is 20.6. The Balaban J connectivity index is 1.55. The third kappa shape index (κ3) is 3.20. The lowest BCUT2D eigenvalue weighted by molar-refractivity contribution is -0.262. The predicted molar refractivity (Wildman–Crippen MR) is 90.8 cm³/mol. The van der Waals surface area contributed by atoms with Gasteiger partial charge >= 0.3 is 6.18 Å². The number of carbonyl (C=O) groups is 1. The Kier molecular flexibility index (Phi) is 4.39. The number of hydrogen-bond donors (Lipinski definition) is 1. The Morgan fingerprint density at radius 3 is 2.60 bits per heavy atom. The van der Waals surface area contributed by atoms with Crippen molar-refractivity contribution in [1.82, 2.24) is 24.2 Å². The largest absolute Gasteiger partial charge is 0.466 e. The van der Waals surface area contributed by atoms with Crippen molar-refractivity contribution in [3.63, 3.8) is 0 Å². The molecule has 0 unspecified atom stereocenters. The van der Waals surface area contributed by atoms with E-state index >= 15 is 0 Å². The average molecular weight is 435 g/mol. The van der Waals surface area contributed by atoms with Crippen molar-refractivity contribution in [2.45, 2.75) is 44.1 Å². The highest BCUT2D eigenvalue weighted by Crippen LogP contribution is 2.42. The van der Waals surface area contributed by atoms with Crippen LogP contribution in [0.3, 0.4) is 0 Å². The molecule has 2 aliphatic rings. The number of nitrogens with zero attached hydrogens (tertiary/aromatic N) is 5. The van der Waals surface area contributed by atoms with E-state index in [2.05, 4.69) is 10.1 Å². The third-order valence-electron chi connectivity index (χ3n) is 5.22. The second-order valence-corrected chi connectivity index (χ2v) is 7.70. The Morgan fingerprint density at radius 2 is 2.00 bits per heavy atom. The molecule has 8 nitrogen and oxygen atoms in total. The summed E-state index contributed by atoms with van der Waals surface area (Å²) in [5.41, 5.74) is -2.46. The van der Waals surface area contributed by atoms with E-state index in [-0.39, 0.29) is 12.4 Å². The number of ether oxygens (including phenoxy) is 1. The lowest BCUT2D eigenvalue weighted by Crippen LogP contribution is -2.59. The zero-order chi connectivity index (χ0) is 22.1. The van der Waals surface area contributed by atoms with Gasteiger partial charge in [-0.3, -0.25) is 9.48 Å². The van der Waals surface area contributed by atoms with E-state index in [0.717, 1.165) is 4.90 Å². The number of carbonyl (C=O) groups excluding carboxylic acids is 1. The fourth-order valence-corrected chi connectivity index (χ4v) is 3.54. The molecular formula is C17H18F5N5O3. The van der Waals surface area contributed by atoms with Crippen LogP contribution in [0.1, 0.15) is 25.7 Å². The Morgan fingerprint density at radius 1 is 1.33 bits per heavy atom. The lowest BCUT2D eigenvalue weighted by atomic mass is 10.0. The molecule has 2 atom stereocenters. The molecule has 2 aromatic rings. The molecule has 13 heteroatoms. The maximum absolute atomic E-state index is 13.3. The maximum atomic E-state index is 13.3. The van der Waals surface area contributed by atoms with Crippen LogP contribution in [0, 0.1) is 0 Å². The SMILES string of the molecule is C[C@H]1Cn2nc(OCC(=O)N3CC(F)(F)C3)cc2-c2cnc([C@@](C)(O)C(F)(F)F)n21. The highest BCUT2D eigenvalue weighted by Gasteiger charge is 2.55. The molecule has 164 valence electrons. The summed E-state index contributed by atoms with van der Waals surface area (Å²) < 4.78 is 73.7. The topological polar surface area (TPSA) is 85.4 Å². The molecule has 0 aromatic carbocycles. The van der Waals surface area contributed by atoms with Crippen LogP contribution in [0.2, 0.25) is 0 Å². The predicted octanol–water partition coefficient (Wildman–Crippen LogP) is 1.95. The van der Waals surface area contributed by atoms with E-state index in [1.165, 1.54) is 21.5 Å². The molecule has 0 bridgehead atoms. The van der Waals surface area contributed by atoms with E-state index < -0.39 is 55.2 Å². The van der Waals surface area contributed by atoms with Gasteiger partial charge in [0.2, 0.25) is 11.5 Å². The molecule has 0 saturated carbocycles. The molecule has 0 radical (unpaired) electrons. The summed E-state index contributed by atoms with van der Waals surface area (Å²) >= 11 is 0. The minimum Gasteiger partial charge on any atom is -0.466 e. The van der Waals surface area contributed by atoms with Gasteiger partial charge in [0.1, 0.15) is 0 Å². The van der Waals surface area contributed by atoms with Gasteiger partial charge in [0.15, 0.2) is 12.4 Å². The van der Waals surface area contributed by atoms with Crippen molar-refractivity contribution in [1.29, 1.82) is 0 Å². The summed E-state index contributed by atoms with van der Waals surface area (Å²) in [7, 11) is 0. The molecule has 4 heterocycles. The zero-order valence-electron chi connectivity index (χ0n) is 16.0. The minimum absolute atomic E-state index is 0.0246. The smallest absolute Gasteiger partial charge is 0.424 e. The van der Waals surface area contributed by atoms with Gasteiger partial charge in [-0.25, -0.2) is 13.8 Å². The van der Waals surface area contributed by atoms with Gasteiger partial charge < -0.3 is 19.3 Å². The van der Waals surface area contributed by atoms with Crippen LogP contribution in [0.5, 0.6) is 5.88 Å². The first-order valence-electron chi connectivity index (χ1n) is 9.03. The molecular weight excluding hydrogens is 417 g/mol. The first-order valence-corrected chi connectivity index (χ1v) is 9.03. The van der Waals surface area contributed by atoms with E-state index in [0.29, 0.717) is 18.3 Å². The summed E-state index contributed by atoms with van der Waals surface area (Å²) in [5.74, 6) is -4.01. The molecule has 1 saturated heterocycles. The van der Waals surface area contributed by atoms with Gasteiger partial charge in [-0.15, -0.1) is 5.10 Å². The fraction of sp³-hybridized carbons (Fsp3) is 0.588. The number of likely N-dealkylation sites (tertiary alicyclic amines) is 1.